The molecule has 0 fully saturated rings. The van der Waals surface area contributed by atoms with Crippen molar-refractivity contribution in [1.82, 2.24) is 0 Å². The molecular weight excluding hydrogens is 134 g/mol. The zero-order chi connectivity index (χ0) is 8.43. The van der Waals surface area contributed by atoms with Gasteiger partial charge in [0, 0.05) is 12.3 Å². The van der Waals surface area contributed by atoms with Crippen molar-refractivity contribution in [2.75, 3.05) is 6.54 Å². The van der Waals surface area contributed by atoms with E-state index in [9.17, 15) is 0 Å². The van der Waals surface area contributed by atoms with Crippen molar-refractivity contribution in [2.24, 2.45) is 16.8 Å². The first-order valence-electron chi connectivity index (χ1n) is 4.30. The molecule has 0 N–H and O–H groups in total. The fraction of sp³-hybridized carbons (Fsp3) is 0.700. The minimum atomic E-state index is 0.712. The monoisotopic (exact) mass is 151 g/mol. The highest BCUT2D eigenvalue weighted by Gasteiger charge is 2.17. The summed E-state index contributed by atoms with van der Waals surface area (Å²) in [5.41, 5.74) is 2.38. The van der Waals surface area contributed by atoms with Gasteiger partial charge in [-0.1, -0.05) is 20.4 Å². The van der Waals surface area contributed by atoms with Crippen LogP contribution in [0.2, 0.25) is 0 Å². The summed E-state index contributed by atoms with van der Waals surface area (Å²) >= 11 is 0. The van der Waals surface area contributed by atoms with Crippen molar-refractivity contribution in [3.05, 3.63) is 12.2 Å². The number of hydrogen-bond acceptors (Lipinski definition) is 1. The molecule has 1 heterocycles. The molecule has 0 spiro atoms. The van der Waals surface area contributed by atoms with Crippen LogP contribution < -0.4 is 0 Å². The summed E-state index contributed by atoms with van der Waals surface area (Å²) in [6.07, 6.45) is 1.12. The normalized spacial score (nSPS) is 33.0. The van der Waals surface area contributed by atoms with E-state index >= 15 is 0 Å². The maximum atomic E-state index is 4.45. The largest absolute Gasteiger partial charge is 0.290 e. The van der Waals surface area contributed by atoms with E-state index < -0.39 is 0 Å². The standard InChI is InChI=1S/C10H17N/c1-7-5-8(2)10(4)11-6-9(7)3/h7,9H,2,5-6H2,1,3-4H3/t7-,9-/m0/s1. The zero-order valence-corrected chi connectivity index (χ0v) is 7.72. The third kappa shape index (κ3) is 1.92. The first-order valence-corrected chi connectivity index (χ1v) is 4.30. The predicted octanol–water partition coefficient (Wildman–Crippen LogP) is 2.68. The van der Waals surface area contributed by atoms with Gasteiger partial charge in [0.15, 0.2) is 0 Å². The Bertz CT molecular complexity index is 191. The average Bonchev–Trinajstić information content (AvgIpc) is 2.05. The topological polar surface area (TPSA) is 12.4 Å². The summed E-state index contributed by atoms with van der Waals surface area (Å²) in [6, 6.07) is 0. The van der Waals surface area contributed by atoms with Crippen molar-refractivity contribution in [3.63, 3.8) is 0 Å². The molecule has 1 aliphatic heterocycles. The van der Waals surface area contributed by atoms with Crippen LogP contribution in [0, 0.1) is 11.8 Å². The third-order valence-electron chi connectivity index (χ3n) is 2.67. The number of aliphatic imine (C=N–C) groups is 1. The first-order chi connectivity index (χ1) is 5.11. The Labute approximate surface area is 69.2 Å². The molecule has 0 saturated carbocycles. The Balaban J connectivity index is 2.72. The van der Waals surface area contributed by atoms with Gasteiger partial charge in [-0.25, -0.2) is 0 Å². The van der Waals surface area contributed by atoms with Gasteiger partial charge >= 0.3 is 0 Å². The molecule has 1 heteroatoms. The van der Waals surface area contributed by atoms with Crippen LogP contribution in [0.25, 0.3) is 0 Å². The maximum Gasteiger partial charge on any atom is 0.0420 e. The highest BCUT2D eigenvalue weighted by Crippen LogP contribution is 2.23. The zero-order valence-electron chi connectivity index (χ0n) is 7.72. The van der Waals surface area contributed by atoms with Gasteiger partial charge in [0.1, 0.15) is 0 Å². The molecule has 0 bridgehead atoms. The fourth-order valence-corrected chi connectivity index (χ4v) is 1.31. The first kappa shape index (κ1) is 8.51. The molecule has 0 radical (unpaired) electrons. The summed E-state index contributed by atoms with van der Waals surface area (Å²) in [4.78, 5) is 4.45. The van der Waals surface area contributed by atoms with Crippen molar-refractivity contribution < 1.29 is 0 Å². The summed E-state index contributed by atoms with van der Waals surface area (Å²) in [5, 5.41) is 0. The Kier molecular flexibility index (Phi) is 2.48. The van der Waals surface area contributed by atoms with Crippen LogP contribution in [-0.2, 0) is 0 Å². The second-order valence-electron chi connectivity index (χ2n) is 3.69. The van der Waals surface area contributed by atoms with Crippen LogP contribution in [0.15, 0.2) is 17.1 Å². The molecule has 0 amide bonds. The van der Waals surface area contributed by atoms with E-state index in [1.807, 2.05) is 0 Å². The second kappa shape index (κ2) is 3.21. The number of allylic oxidation sites excluding steroid dienone is 1. The summed E-state index contributed by atoms with van der Waals surface area (Å²) in [7, 11) is 0. The molecule has 0 aliphatic carbocycles. The van der Waals surface area contributed by atoms with Crippen molar-refractivity contribution >= 4 is 5.71 Å². The fourth-order valence-electron chi connectivity index (χ4n) is 1.31. The van der Waals surface area contributed by atoms with Gasteiger partial charge in [-0.15, -0.1) is 0 Å². The molecule has 11 heavy (non-hydrogen) atoms. The van der Waals surface area contributed by atoms with E-state index in [-0.39, 0.29) is 0 Å². The molecular formula is C10H17N. The van der Waals surface area contributed by atoms with Gasteiger partial charge in [0.05, 0.1) is 0 Å². The highest BCUT2D eigenvalue weighted by atomic mass is 14.7. The summed E-state index contributed by atoms with van der Waals surface area (Å²) in [5.74, 6) is 1.45. The lowest BCUT2D eigenvalue weighted by atomic mass is 9.90. The lowest BCUT2D eigenvalue weighted by molar-refractivity contribution is 0.404. The Morgan fingerprint density at radius 1 is 1.36 bits per heavy atom. The SMILES string of the molecule is C=C1C[C@H](C)[C@@H](C)CN=C1C. The Morgan fingerprint density at radius 3 is 2.64 bits per heavy atom. The van der Waals surface area contributed by atoms with Crippen molar-refractivity contribution in [3.8, 4) is 0 Å². The highest BCUT2D eigenvalue weighted by molar-refractivity contribution is 5.97. The van der Waals surface area contributed by atoms with E-state index in [2.05, 4.69) is 32.3 Å². The van der Waals surface area contributed by atoms with Gasteiger partial charge in [0.25, 0.3) is 0 Å². The summed E-state index contributed by atoms with van der Waals surface area (Å²) in [6.45, 7) is 11.6. The molecule has 0 aromatic carbocycles. The van der Waals surface area contributed by atoms with Gasteiger partial charge in [0.2, 0.25) is 0 Å². The van der Waals surface area contributed by atoms with E-state index in [0.717, 1.165) is 24.6 Å². The van der Waals surface area contributed by atoms with E-state index in [0.29, 0.717) is 5.92 Å². The molecule has 0 saturated heterocycles. The van der Waals surface area contributed by atoms with Crippen LogP contribution in [0.3, 0.4) is 0 Å². The van der Waals surface area contributed by atoms with Crippen molar-refractivity contribution in [1.29, 1.82) is 0 Å². The molecule has 0 aromatic rings. The summed E-state index contributed by atoms with van der Waals surface area (Å²) < 4.78 is 0. The Hall–Kier alpha value is -0.590. The van der Waals surface area contributed by atoms with Crippen molar-refractivity contribution in [2.45, 2.75) is 27.2 Å². The number of hydrogen-bond donors (Lipinski definition) is 0. The van der Waals surface area contributed by atoms with Gasteiger partial charge < -0.3 is 0 Å². The van der Waals surface area contributed by atoms with Crippen LogP contribution in [0.1, 0.15) is 27.2 Å². The lowest BCUT2D eigenvalue weighted by Crippen LogP contribution is -2.09. The van der Waals surface area contributed by atoms with Gasteiger partial charge in [-0.05, 0) is 30.8 Å². The molecule has 62 valence electrons. The van der Waals surface area contributed by atoms with E-state index in [4.69, 9.17) is 0 Å². The molecule has 1 nitrogen and oxygen atoms in total. The molecule has 0 aromatic heterocycles. The van der Waals surface area contributed by atoms with Gasteiger partial charge in [-0.2, -0.15) is 0 Å². The van der Waals surface area contributed by atoms with Crippen LogP contribution in [-0.4, -0.2) is 12.3 Å². The predicted molar refractivity (Wildman–Crippen MR) is 50.1 cm³/mol. The minimum absolute atomic E-state index is 0.712. The molecule has 2 atom stereocenters. The van der Waals surface area contributed by atoms with E-state index in [1.54, 1.807) is 0 Å². The third-order valence-corrected chi connectivity index (χ3v) is 2.67. The second-order valence-corrected chi connectivity index (χ2v) is 3.69. The number of nitrogens with zero attached hydrogens (tertiary/aromatic N) is 1. The minimum Gasteiger partial charge on any atom is -0.290 e. The van der Waals surface area contributed by atoms with Crippen LogP contribution in [0.4, 0.5) is 0 Å². The number of rotatable bonds is 0. The average molecular weight is 151 g/mol. The quantitative estimate of drug-likeness (QED) is 0.504. The molecule has 0 unspecified atom stereocenters. The molecule has 1 rings (SSSR count). The smallest absolute Gasteiger partial charge is 0.0420 e. The van der Waals surface area contributed by atoms with Gasteiger partial charge in [-0.3, -0.25) is 4.99 Å². The van der Waals surface area contributed by atoms with E-state index in [1.165, 1.54) is 5.57 Å². The van der Waals surface area contributed by atoms with Crippen LogP contribution in [0.5, 0.6) is 0 Å². The Morgan fingerprint density at radius 2 is 2.00 bits per heavy atom. The molecule has 1 aliphatic rings. The maximum absolute atomic E-state index is 4.45. The lowest BCUT2D eigenvalue weighted by Gasteiger charge is -2.14. The van der Waals surface area contributed by atoms with Crippen LogP contribution >= 0.6 is 0 Å².